The predicted molar refractivity (Wildman–Crippen MR) is 99.9 cm³/mol. The van der Waals surface area contributed by atoms with Crippen LogP contribution in [0.25, 0.3) is 0 Å². The number of aliphatic hydroxyl groups excluding tert-OH is 1. The Kier molecular flexibility index (Phi) is 5.09. The zero-order valence-corrected chi connectivity index (χ0v) is 15.2. The molecule has 1 aliphatic carbocycles. The summed E-state index contributed by atoms with van der Waals surface area (Å²) < 4.78 is 0. The van der Waals surface area contributed by atoms with E-state index in [2.05, 4.69) is 55.6 Å². The zero-order valence-electron chi connectivity index (χ0n) is 15.2. The molecule has 0 saturated heterocycles. The van der Waals surface area contributed by atoms with Crippen molar-refractivity contribution < 1.29 is 5.11 Å². The molecule has 0 amide bonds. The second kappa shape index (κ2) is 7.10. The van der Waals surface area contributed by atoms with Crippen LogP contribution in [0.2, 0.25) is 0 Å². The first-order valence-corrected chi connectivity index (χ1v) is 9.22. The van der Waals surface area contributed by atoms with Gasteiger partial charge in [0.15, 0.2) is 0 Å². The van der Waals surface area contributed by atoms with E-state index < -0.39 is 0 Å². The summed E-state index contributed by atoms with van der Waals surface area (Å²) in [6.45, 7) is 6.82. The van der Waals surface area contributed by atoms with Crippen LogP contribution in [-0.4, -0.2) is 16.9 Å². The number of aliphatic hydroxyl groups is 1. The van der Waals surface area contributed by atoms with Gasteiger partial charge in [0.25, 0.3) is 0 Å². The molecular weight excluding hydrogens is 296 g/mol. The highest BCUT2D eigenvalue weighted by atomic mass is 16.3. The quantitative estimate of drug-likeness (QED) is 0.845. The van der Waals surface area contributed by atoms with E-state index in [1.54, 1.807) is 0 Å². The van der Waals surface area contributed by atoms with Crippen LogP contribution in [0.3, 0.4) is 0 Å². The molecule has 2 aliphatic rings. The Balaban J connectivity index is 1.77. The molecular formula is C21H30N2O. The first-order chi connectivity index (χ1) is 11.4. The predicted octanol–water partition coefficient (Wildman–Crippen LogP) is 4.41. The molecule has 2 N–H and O–H groups in total. The summed E-state index contributed by atoms with van der Waals surface area (Å²) in [7, 11) is 0. The molecule has 2 unspecified atom stereocenters. The summed E-state index contributed by atoms with van der Waals surface area (Å²) in [6.07, 6.45) is 7.85. The molecule has 2 atom stereocenters. The van der Waals surface area contributed by atoms with Crippen LogP contribution >= 0.6 is 0 Å². The summed E-state index contributed by atoms with van der Waals surface area (Å²) in [4.78, 5) is 0. The Hall–Kier alpha value is -1.61. The summed E-state index contributed by atoms with van der Waals surface area (Å²) in [6, 6.07) is 8.93. The third-order valence-electron chi connectivity index (χ3n) is 4.99. The Morgan fingerprint density at radius 1 is 1.12 bits per heavy atom. The van der Waals surface area contributed by atoms with Gasteiger partial charge in [-0.25, -0.2) is 0 Å². The highest BCUT2D eigenvalue weighted by Gasteiger charge is 2.27. The zero-order chi connectivity index (χ0) is 17.2. The Morgan fingerprint density at radius 3 is 2.58 bits per heavy atom. The first-order valence-electron chi connectivity index (χ1n) is 9.22. The van der Waals surface area contributed by atoms with Crippen molar-refractivity contribution in [2.45, 2.75) is 65.4 Å². The van der Waals surface area contributed by atoms with Crippen molar-refractivity contribution in [3.63, 3.8) is 0 Å². The van der Waals surface area contributed by atoms with Gasteiger partial charge in [-0.1, -0.05) is 45.0 Å². The van der Waals surface area contributed by atoms with Crippen LogP contribution in [0.1, 0.15) is 64.0 Å². The molecule has 0 spiro atoms. The summed E-state index contributed by atoms with van der Waals surface area (Å²) >= 11 is 0. The molecule has 0 radical (unpaired) electrons. The number of rotatable bonds is 2. The summed E-state index contributed by atoms with van der Waals surface area (Å²) in [5.74, 6) is 0.396. The molecule has 3 heteroatoms. The second-order valence-electron chi connectivity index (χ2n) is 8.46. The van der Waals surface area contributed by atoms with E-state index in [4.69, 9.17) is 0 Å². The van der Waals surface area contributed by atoms with Crippen molar-refractivity contribution in [1.29, 1.82) is 0 Å². The van der Waals surface area contributed by atoms with E-state index in [0.717, 1.165) is 44.2 Å². The SMILES string of the molecule is CC(C)(C)Cc1ccc(C2=NNC=C3CCC(O)CCCC32)cc1. The third kappa shape index (κ3) is 4.27. The molecule has 0 bridgehead atoms. The maximum absolute atomic E-state index is 9.93. The van der Waals surface area contributed by atoms with Gasteiger partial charge in [0, 0.05) is 12.1 Å². The normalized spacial score (nSPS) is 24.8. The number of hydrazone groups is 1. The number of benzene rings is 1. The average Bonchev–Trinajstić information content (AvgIpc) is 2.51. The fourth-order valence-corrected chi connectivity index (χ4v) is 3.81. The number of allylic oxidation sites excluding steroid dienone is 1. The van der Waals surface area contributed by atoms with Gasteiger partial charge < -0.3 is 5.11 Å². The molecule has 24 heavy (non-hydrogen) atoms. The van der Waals surface area contributed by atoms with Gasteiger partial charge in [0.05, 0.1) is 11.8 Å². The van der Waals surface area contributed by atoms with Gasteiger partial charge in [-0.2, -0.15) is 5.10 Å². The van der Waals surface area contributed by atoms with Crippen molar-refractivity contribution in [2.75, 3.05) is 0 Å². The summed E-state index contributed by atoms with van der Waals surface area (Å²) in [5.41, 5.74) is 8.55. The molecule has 1 heterocycles. The fraction of sp³-hybridized carbons (Fsp3) is 0.571. The highest BCUT2D eigenvalue weighted by Crippen LogP contribution is 2.32. The van der Waals surface area contributed by atoms with Crippen molar-refractivity contribution in [2.24, 2.45) is 16.4 Å². The van der Waals surface area contributed by atoms with E-state index in [-0.39, 0.29) is 6.10 Å². The maximum atomic E-state index is 9.93. The van der Waals surface area contributed by atoms with Gasteiger partial charge in [-0.05, 0) is 60.6 Å². The smallest absolute Gasteiger partial charge is 0.0751 e. The number of hydrogen-bond donors (Lipinski definition) is 2. The van der Waals surface area contributed by atoms with Crippen LogP contribution < -0.4 is 5.43 Å². The van der Waals surface area contributed by atoms with Gasteiger partial charge in [0.1, 0.15) is 0 Å². The molecule has 130 valence electrons. The van der Waals surface area contributed by atoms with E-state index in [1.165, 1.54) is 16.7 Å². The second-order valence-corrected chi connectivity index (χ2v) is 8.46. The van der Waals surface area contributed by atoms with E-state index >= 15 is 0 Å². The van der Waals surface area contributed by atoms with Gasteiger partial charge in [0.2, 0.25) is 0 Å². The lowest BCUT2D eigenvalue weighted by Crippen LogP contribution is -2.28. The molecule has 0 aromatic heterocycles. The Bertz CT molecular complexity index is 622. The minimum Gasteiger partial charge on any atom is -0.393 e. The lowest BCUT2D eigenvalue weighted by atomic mass is 9.80. The van der Waals surface area contributed by atoms with Crippen molar-refractivity contribution in [3.8, 4) is 0 Å². The van der Waals surface area contributed by atoms with E-state index in [0.29, 0.717) is 11.3 Å². The van der Waals surface area contributed by atoms with Crippen LogP contribution in [0.5, 0.6) is 0 Å². The van der Waals surface area contributed by atoms with Crippen LogP contribution in [-0.2, 0) is 6.42 Å². The standard InChI is InChI=1S/C21H30N2O/c1-21(2,3)13-15-7-9-16(10-8-15)20-19-6-4-5-18(24)12-11-17(19)14-22-23-20/h7-10,14,18-19,22,24H,4-6,11-13H2,1-3H3. The van der Waals surface area contributed by atoms with E-state index in [1.807, 2.05) is 6.20 Å². The number of hydrogen-bond acceptors (Lipinski definition) is 3. The monoisotopic (exact) mass is 326 g/mol. The molecule has 1 fully saturated rings. The van der Waals surface area contributed by atoms with E-state index in [9.17, 15) is 5.11 Å². The molecule has 1 saturated carbocycles. The molecule has 1 aliphatic heterocycles. The number of nitrogens with zero attached hydrogens (tertiary/aromatic N) is 1. The molecule has 1 aromatic rings. The highest BCUT2D eigenvalue weighted by molar-refractivity contribution is 6.04. The minimum atomic E-state index is -0.147. The topological polar surface area (TPSA) is 44.6 Å². The Labute approximate surface area is 145 Å². The molecule has 3 nitrogen and oxygen atoms in total. The van der Waals surface area contributed by atoms with Crippen LogP contribution in [0.15, 0.2) is 41.1 Å². The lowest BCUT2D eigenvalue weighted by molar-refractivity contribution is 0.145. The lowest BCUT2D eigenvalue weighted by Gasteiger charge is -2.29. The first kappa shape index (κ1) is 17.2. The molecule has 1 aromatic carbocycles. The molecule has 3 rings (SSSR count). The Morgan fingerprint density at radius 2 is 1.88 bits per heavy atom. The largest absolute Gasteiger partial charge is 0.393 e. The van der Waals surface area contributed by atoms with Crippen molar-refractivity contribution >= 4 is 5.71 Å². The number of nitrogens with one attached hydrogen (secondary N) is 1. The summed E-state index contributed by atoms with van der Waals surface area (Å²) in [5, 5.41) is 14.5. The van der Waals surface area contributed by atoms with Crippen molar-refractivity contribution in [1.82, 2.24) is 5.43 Å². The fourth-order valence-electron chi connectivity index (χ4n) is 3.81. The van der Waals surface area contributed by atoms with Crippen LogP contribution in [0, 0.1) is 11.3 Å². The minimum absolute atomic E-state index is 0.147. The maximum Gasteiger partial charge on any atom is 0.0751 e. The average molecular weight is 326 g/mol. The third-order valence-corrected chi connectivity index (χ3v) is 4.99. The number of fused-ring (bicyclic) bond motifs is 1. The van der Waals surface area contributed by atoms with Crippen molar-refractivity contribution in [3.05, 3.63) is 47.2 Å². The van der Waals surface area contributed by atoms with Gasteiger partial charge in [-0.3, -0.25) is 5.43 Å². The van der Waals surface area contributed by atoms with Crippen LogP contribution in [0.4, 0.5) is 0 Å². The van der Waals surface area contributed by atoms with Gasteiger partial charge in [-0.15, -0.1) is 0 Å². The van der Waals surface area contributed by atoms with Gasteiger partial charge >= 0.3 is 0 Å².